The predicted octanol–water partition coefficient (Wildman–Crippen LogP) is 7.85. The van der Waals surface area contributed by atoms with E-state index in [1.54, 1.807) is 42.6 Å². The van der Waals surface area contributed by atoms with Gasteiger partial charge in [-0.2, -0.15) is 0 Å². The largest absolute Gasteiger partial charge is 0.480 e. The molecular formula is C41H45N5O4. The second-order valence-electron chi connectivity index (χ2n) is 13.6. The van der Waals surface area contributed by atoms with Crippen LogP contribution in [0.2, 0.25) is 0 Å². The van der Waals surface area contributed by atoms with Crippen LogP contribution in [0, 0.1) is 17.8 Å². The lowest BCUT2D eigenvalue weighted by Gasteiger charge is -2.35. The molecule has 1 unspecified atom stereocenters. The highest BCUT2D eigenvalue weighted by atomic mass is 16.4. The maximum absolute atomic E-state index is 13.4. The molecule has 0 radical (unpaired) electrons. The number of carbonyl (C=O) groups is 3. The van der Waals surface area contributed by atoms with Crippen molar-refractivity contribution in [2.45, 2.75) is 71.3 Å². The van der Waals surface area contributed by atoms with Gasteiger partial charge in [-0.25, -0.2) is 9.97 Å². The second kappa shape index (κ2) is 16.5. The number of benzene rings is 2. The van der Waals surface area contributed by atoms with Crippen LogP contribution in [0.25, 0.3) is 17.0 Å². The fourth-order valence-corrected chi connectivity index (χ4v) is 7.35. The first-order valence-electron chi connectivity index (χ1n) is 17.8. The van der Waals surface area contributed by atoms with Gasteiger partial charge in [-0.3, -0.25) is 19.4 Å². The lowest BCUT2D eigenvalue weighted by atomic mass is 9.71. The molecule has 50 heavy (non-hydrogen) atoms. The minimum Gasteiger partial charge on any atom is -0.480 e. The quantitative estimate of drug-likeness (QED) is 0.157. The summed E-state index contributed by atoms with van der Waals surface area (Å²) in [7, 11) is 0. The number of allylic oxidation sites excluding steroid dienone is 2. The molecule has 9 nitrogen and oxygen atoms in total. The summed E-state index contributed by atoms with van der Waals surface area (Å²) in [5.41, 5.74) is 5.55. The second-order valence-corrected chi connectivity index (χ2v) is 13.6. The van der Waals surface area contributed by atoms with Crippen LogP contribution in [-0.4, -0.2) is 49.3 Å². The molecule has 0 spiro atoms. The molecule has 9 heteroatoms. The van der Waals surface area contributed by atoms with Crippen molar-refractivity contribution >= 4 is 29.0 Å². The number of carbonyl (C=O) groups excluding carboxylic acids is 2. The highest BCUT2D eigenvalue weighted by Gasteiger charge is 2.28. The van der Waals surface area contributed by atoms with E-state index in [0.717, 1.165) is 47.3 Å². The summed E-state index contributed by atoms with van der Waals surface area (Å²) in [5.74, 6) is 1.48. The van der Waals surface area contributed by atoms with Crippen molar-refractivity contribution in [2.75, 3.05) is 11.9 Å². The molecule has 0 saturated heterocycles. The van der Waals surface area contributed by atoms with E-state index in [-0.39, 0.29) is 18.9 Å². The molecular weight excluding hydrogens is 626 g/mol. The van der Waals surface area contributed by atoms with E-state index < -0.39 is 18.4 Å². The van der Waals surface area contributed by atoms with Gasteiger partial charge in [-0.15, -0.1) is 0 Å². The Labute approximate surface area is 293 Å². The van der Waals surface area contributed by atoms with Crippen LogP contribution in [0.3, 0.4) is 0 Å². The van der Waals surface area contributed by atoms with Gasteiger partial charge in [0.1, 0.15) is 6.54 Å². The summed E-state index contributed by atoms with van der Waals surface area (Å²) < 4.78 is 0. The van der Waals surface area contributed by atoms with Crippen molar-refractivity contribution in [2.24, 2.45) is 17.8 Å². The number of nitrogens with zero attached hydrogens (tertiary/aromatic N) is 4. The minimum absolute atomic E-state index is 0.114. The zero-order valence-electron chi connectivity index (χ0n) is 28.6. The molecule has 0 aliphatic heterocycles. The van der Waals surface area contributed by atoms with Gasteiger partial charge < -0.3 is 15.3 Å². The number of hydrogen-bond donors (Lipinski definition) is 2. The van der Waals surface area contributed by atoms with Gasteiger partial charge in [0, 0.05) is 53.2 Å². The van der Waals surface area contributed by atoms with E-state index in [2.05, 4.69) is 33.3 Å². The van der Waals surface area contributed by atoms with Crippen molar-refractivity contribution in [1.29, 1.82) is 0 Å². The van der Waals surface area contributed by atoms with Crippen LogP contribution >= 0.6 is 0 Å². The van der Waals surface area contributed by atoms with Crippen LogP contribution in [0.4, 0.5) is 5.69 Å². The fourth-order valence-electron chi connectivity index (χ4n) is 7.35. The number of carboxylic acids is 1. The number of hydrogen-bond acceptors (Lipinski definition) is 6. The smallest absolute Gasteiger partial charge is 0.323 e. The Balaban J connectivity index is 1.04. The third-order valence-corrected chi connectivity index (χ3v) is 10.3. The SMILES string of the molecule is CC[C@H]1CC[C@H](C2CC=C(c3cnc(-c4ccc(CN(CC(=O)O)C(=O)c5ccc(NC(=O)Cc6ccccn6)cc5)cc4)nc3)CC2)CC1. The zero-order valence-corrected chi connectivity index (χ0v) is 28.6. The summed E-state index contributed by atoms with van der Waals surface area (Å²) in [4.78, 5) is 52.2. The Bertz CT molecular complexity index is 1780. The molecule has 1 saturated carbocycles. The van der Waals surface area contributed by atoms with Crippen LogP contribution < -0.4 is 5.32 Å². The lowest BCUT2D eigenvalue weighted by Crippen LogP contribution is -2.35. The predicted molar refractivity (Wildman–Crippen MR) is 194 cm³/mol. The number of rotatable bonds is 12. The van der Waals surface area contributed by atoms with Gasteiger partial charge in [0.25, 0.3) is 5.91 Å². The normalized spacial score (nSPS) is 18.9. The van der Waals surface area contributed by atoms with Crippen molar-refractivity contribution in [3.8, 4) is 11.4 Å². The van der Waals surface area contributed by atoms with Gasteiger partial charge in [0.2, 0.25) is 5.91 Å². The molecule has 2 N–H and O–H groups in total. The molecule has 2 aromatic carbocycles. The number of amides is 2. The van der Waals surface area contributed by atoms with Crippen LogP contribution in [-0.2, 0) is 22.6 Å². The molecule has 2 aliphatic carbocycles. The lowest BCUT2D eigenvalue weighted by molar-refractivity contribution is -0.137. The van der Waals surface area contributed by atoms with Crippen molar-refractivity contribution < 1.29 is 19.5 Å². The number of aliphatic carboxylic acids is 1. The minimum atomic E-state index is -1.11. The van der Waals surface area contributed by atoms with E-state index >= 15 is 0 Å². The Morgan fingerprint density at radius 3 is 2.20 bits per heavy atom. The van der Waals surface area contributed by atoms with Crippen LogP contribution in [0.15, 0.2) is 91.4 Å². The average Bonchev–Trinajstić information content (AvgIpc) is 3.15. The van der Waals surface area contributed by atoms with E-state index in [0.29, 0.717) is 22.8 Å². The fraction of sp³-hybridized carbons (Fsp3) is 0.366. The van der Waals surface area contributed by atoms with Gasteiger partial charge >= 0.3 is 5.97 Å². The third-order valence-electron chi connectivity index (χ3n) is 10.3. The Kier molecular flexibility index (Phi) is 11.4. The van der Waals surface area contributed by atoms with Crippen LogP contribution in [0.5, 0.6) is 0 Å². The number of nitrogens with one attached hydrogen (secondary N) is 1. The Morgan fingerprint density at radius 2 is 1.58 bits per heavy atom. The number of pyridine rings is 1. The summed E-state index contributed by atoms with van der Waals surface area (Å²) >= 11 is 0. The molecule has 1 fully saturated rings. The standard InChI is InChI=1S/C41H45N5O4/c1-2-28-6-10-30(11-7-28)31-14-16-32(17-15-31)35-24-43-40(44-25-35)33-12-8-29(9-13-33)26-46(27-39(48)49)41(50)34-18-20-36(21-19-34)45-38(47)23-37-5-3-4-22-42-37/h3-5,8-9,12-13,16,18-22,24-25,28,30-31H,2,6-7,10-11,14-15,17,23,26-27H2,1H3,(H,45,47)(H,48,49)/t28-,30-,31?. The monoisotopic (exact) mass is 671 g/mol. The van der Waals surface area contributed by atoms with Gasteiger partial charge in [0.05, 0.1) is 6.42 Å². The molecule has 2 amide bonds. The average molecular weight is 672 g/mol. The van der Waals surface area contributed by atoms with Crippen molar-refractivity contribution in [1.82, 2.24) is 19.9 Å². The molecule has 6 rings (SSSR count). The molecule has 2 heterocycles. The Hall–Kier alpha value is -5.18. The molecule has 4 aromatic rings. The third kappa shape index (κ3) is 9.08. The molecule has 258 valence electrons. The summed E-state index contributed by atoms with van der Waals surface area (Å²) in [6.07, 6.45) is 18.4. The van der Waals surface area contributed by atoms with Crippen LogP contribution in [0.1, 0.15) is 85.5 Å². The number of anilines is 1. The highest BCUT2D eigenvalue weighted by molar-refractivity contribution is 5.97. The highest BCUT2D eigenvalue weighted by Crippen LogP contribution is 2.41. The van der Waals surface area contributed by atoms with E-state index in [9.17, 15) is 19.5 Å². The topological polar surface area (TPSA) is 125 Å². The van der Waals surface area contributed by atoms with Crippen molar-refractivity contribution in [3.63, 3.8) is 0 Å². The molecule has 2 aromatic heterocycles. The Morgan fingerprint density at radius 1 is 0.840 bits per heavy atom. The van der Waals surface area contributed by atoms with Crippen molar-refractivity contribution in [3.05, 3.63) is 114 Å². The maximum Gasteiger partial charge on any atom is 0.323 e. The molecule has 2 aliphatic rings. The van der Waals surface area contributed by atoms with Gasteiger partial charge in [-0.1, -0.05) is 62.6 Å². The van der Waals surface area contributed by atoms with E-state index in [1.165, 1.54) is 49.0 Å². The number of carboxylic acid groups (broad SMARTS) is 1. The first kappa shape index (κ1) is 34.7. The first-order valence-corrected chi connectivity index (χ1v) is 17.8. The maximum atomic E-state index is 13.4. The number of aromatic nitrogens is 3. The summed E-state index contributed by atoms with van der Waals surface area (Å²) in [5, 5.41) is 12.4. The zero-order chi connectivity index (χ0) is 34.9. The molecule has 0 bridgehead atoms. The van der Waals surface area contributed by atoms with Gasteiger partial charge in [0.15, 0.2) is 5.82 Å². The van der Waals surface area contributed by atoms with E-state index in [4.69, 9.17) is 0 Å². The first-order chi connectivity index (χ1) is 24.3. The van der Waals surface area contributed by atoms with E-state index in [1.807, 2.05) is 42.7 Å². The summed E-state index contributed by atoms with van der Waals surface area (Å²) in [6, 6.07) is 19.3. The molecule has 1 atom stereocenters. The summed E-state index contributed by atoms with van der Waals surface area (Å²) in [6.45, 7) is 1.99. The van der Waals surface area contributed by atoms with Gasteiger partial charge in [-0.05, 0) is 97.4 Å².